The van der Waals surface area contributed by atoms with Crippen LogP contribution in [-0.4, -0.2) is 25.1 Å². The molecule has 1 amide bonds. The van der Waals surface area contributed by atoms with Crippen LogP contribution in [0.2, 0.25) is 0 Å². The molecule has 0 unspecified atom stereocenters. The highest BCUT2D eigenvalue weighted by Gasteiger charge is 2.26. The zero-order valence-electron chi connectivity index (χ0n) is 13.5. The number of carbonyl (C=O) groups excluding carboxylic acids is 2. The number of carbonyl (C=O) groups is 2. The van der Waals surface area contributed by atoms with E-state index in [0.29, 0.717) is 17.1 Å². The van der Waals surface area contributed by atoms with Crippen LogP contribution in [0.4, 0.5) is 0 Å². The molecule has 0 saturated carbocycles. The summed E-state index contributed by atoms with van der Waals surface area (Å²) in [6, 6.07) is 15.4. The first kappa shape index (κ1) is 17.3. The van der Waals surface area contributed by atoms with Crippen molar-refractivity contribution in [3.63, 3.8) is 0 Å². The minimum absolute atomic E-state index is 0.482. The standard InChI is InChI=1S/C18H19NO5/c1-12(23-15-10-8-14(22-2)9-11-15)18(21)24-16(17(19)20)13-6-4-3-5-7-13/h3-12,16H,1-2H3,(H2,19,20)/t12-,16+/m1/s1. The third-order valence-corrected chi connectivity index (χ3v) is 3.30. The lowest BCUT2D eigenvalue weighted by Crippen LogP contribution is -2.32. The van der Waals surface area contributed by atoms with Crippen molar-refractivity contribution in [2.75, 3.05) is 7.11 Å². The van der Waals surface area contributed by atoms with Gasteiger partial charge in [-0.15, -0.1) is 0 Å². The first-order valence-electron chi connectivity index (χ1n) is 7.36. The molecule has 0 fully saturated rings. The van der Waals surface area contributed by atoms with Gasteiger partial charge in [-0.1, -0.05) is 30.3 Å². The van der Waals surface area contributed by atoms with Crippen molar-refractivity contribution in [2.45, 2.75) is 19.1 Å². The van der Waals surface area contributed by atoms with Crippen LogP contribution in [0.1, 0.15) is 18.6 Å². The van der Waals surface area contributed by atoms with E-state index in [-0.39, 0.29) is 0 Å². The lowest BCUT2D eigenvalue weighted by Gasteiger charge is -2.19. The normalized spacial score (nSPS) is 12.8. The van der Waals surface area contributed by atoms with Crippen LogP contribution in [0.25, 0.3) is 0 Å². The lowest BCUT2D eigenvalue weighted by molar-refractivity contribution is -0.161. The highest BCUT2D eigenvalue weighted by atomic mass is 16.6. The van der Waals surface area contributed by atoms with Crippen molar-refractivity contribution in [1.82, 2.24) is 0 Å². The number of esters is 1. The number of ether oxygens (including phenoxy) is 3. The summed E-state index contributed by atoms with van der Waals surface area (Å²) in [6.45, 7) is 1.54. The molecule has 0 aliphatic carbocycles. The molecular weight excluding hydrogens is 310 g/mol. The van der Waals surface area contributed by atoms with E-state index in [1.165, 1.54) is 6.92 Å². The molecule has 0 aromatic heterocycles. The molecule has 24 heavy (non-hydrogen) atoms. The number of benzene rings is 2. The van der Waals surface area contributed by atoms with Gasteiger partial charge in [0.2, 0.25) is 6.10 Å². The van der Waals surface area contributed by atoms with Crippen molar-refractivity contribution < 1.29 is 23.8 Å². The third-order valence-electron chi connectivity index (χ3n) is 3.30. The first-order chi connectivity index (χ1) is 11.5. The van der Waals surface area contributed by atoms with Crippen molar-refractivity contribution >= 4 is 11.9 Å². The van der Waals surface area contributed by atoms with E-state index in [4.69, 9.17) is 19.9 Å². The lowest BCUT2D eigenvalue weighted by atomic mass is 10.1. The monoisotopic (exact) mass is 329 g/mol. The van der Waals surface area contributed by atoms with Gasteiger partial charge in [0.15, 0.2) is 6.10 Å². The zero-order valence-corrected chi connectivity index (χ0v) is 13.5. The molecule has 0 heterocycles. The largest absolute Gasteiger partial charge is 0.497 e. The summed E-state index contributed by atoms with van der Waals surface area (Å²) in [7, 11) is 1.56. The summed E-state index contributed by atoms with van der Waals surface area (Å²) >= 11 is 0. The molecule has 2 N–H and O–H groups in total. The van der Waals surface area contributed by atoms with Gasteiger partial charge in [0, 0.05) is 5.56 Å². The second kappa shape index (κ2) is 8.01. The summed E-state index contributed by atoms with van der Waals surface area (Å²) in [5.74, 6) is -0.268. The number of methoxy groups -OCH3 is 1. The second-order valence-corrected chi connectivity index (χ2v) is 5.07. The number of rotatable bonds is 7. The number of amides is 1. The van der Waals surface area contributed by atoms with Crippen LogP contribution < -0.4 is 15.2 Å². The van der Waals surface area contributed by atoms with E-state index in [1.54, 1.807) is 61.7 Å². The number of hydrogen-bond donors (Lipinski definition) is 1. The van der Waals surface area contributed by atoms with Crippen LogP contribution in [0.5, 0.6) is 11.5 Å². The minimum atomic E-state index is -1.15. The van der Waals surface area contributed by atoms with Gasteiger partial charge in [-0.2, -0.15) is 0 Å². The van der Waals surface area contributed by atoms with E-state index in [0.717, 1.165) is 0 Å². The van der Waals surface area contributed by atoms with E-state index in [1.807, 2.05) is 0 Å². The molecule has 6 nitrogen and oxygen atoms in total. The van der Waals surface area contributed by atoms with Crippen LogP contribution in [-0.2, 0) is 14.3 Å². The quantitative estimate of drug-likeness (QED) is 0.787. The Morgan fingerprint density at radius 1 is 0.958 bits per heavy atom. The smallest absolute Gasteiger partial charge is 0.348 e. The number of hydrogen-bond acceptors (Lipinski definition) is 5. The molecule has 2 aromatic rings. The minimum Gasteiger partial charge on any atom is -0.497 e. The molecule has 0 radical (unpaired) electrons. The Morgan fingerprint density at radius 2 is 1.54 bits per heavy atom. The Morgan fingerprint density at radius 3 is 2.08 bits per heavy atom. The van der Waals surface area contributed by atoms with Crippen LogP contribution in [0.3, 0.4) is 0 Å². The molecule has 126 valence electrons. The Balaban J connectivity index is 2.02. The first-order valence-corrected chi connectivity index (χ1v) is 7.36. The van der Waals surface area contributed by atoms with Gasteiger partial charge in [-0.3, -0.25) is 4.79 Å². The Kier molecular flexibility index (Phi) is 5.78. The van der Waals surface area contributed by atoms with Crippen LogP contribution >= 0.6 is 0 Å². The number of nitrogens with two attached hydrogens (primary N) is 1. The molecular formula is C18H19NO5. The highest BCUT2D eigenvalue weighted by Crippen LogP contribution is 2.21. The highest BCUT2D eigenvalue weighted by molar-refractivity contribution is 5.84. The average molecular weight is 329 g/mol. The Hall–Kier alpha value is -3.02. The molecule has 2 atom stereocenters. The molecule has 2 rings (SSSR count). The summed E-state index contributed by atoms with van der Waals surface area (Å²) in [5.41, 5.74) is 5.84. The van der Waals surface area contributed by atoms with Gasteiger partial charge in [-0.25, -0.2) is 4.79 Å². The Bertz CT molecular complexity index is 684. The third kappa shape index (κ3) is 4.49. The van der Waals surface area contributed by atoms with E-state index >= 15 is 0 Å². The van der Waals surface area contributed by atoms with Gasteiger partial charge in [0.05, 0.1) is 7.11 Å². The maximum absolute atomic E-state index is 12.2. The fraction of sp³-hybridized carbons (Fsp3) is 0.222. The van der Waals surface area contributed by atoms with E-state index in [2.05, 4.69) is 0 Å². The van der Waals surface area contributed by atoms with Crippen LogP contribution in [0, 0.1) is 0 Å². The Labute approximate surface area is 140 Å². The molecule has 0 spiro atoms. The predicted molar refractivity (Wildman–Crippen MR) is 87.6 cm³/mol. The van der Waals surface area contributed by atoms with Crippen molar-refractivity contribution in [2.24, 2.45) is 5.73 Å². The summed E-state index contributed by atoms with van der Waals surface area (Å²) < 4.78 is 15.8. The fourth-order valence-electron chi connectivity index (χ4n) is 2.04. The fourth-order valence-corrected chi connectivity index (χ4v) is 2.04. The van der Waals surface area contributed by atoms with Gasteiger partial charge in [-0.05, 0) is 31.2 Å². The maximum atomic E-state index is 12.2. The topological polar surface area (TPSA) is 87.8 Å². The van der Waals surface area contributed by atoms with E-state index < -0.39 is 24.1 Å². The molecule has 0 aliphatic heterocycles. The van der Waals surface area contributed by atoms with Gasteiger partial charge in [0.25, 0.3) is 5.91 Å². The molecule has 0 saturated heterocycles. The predicted octanol–water partition coefficient (Wildman–Crippen LogP) is 2.23. The van der Waals surface area contributed by atoms with E-state index in [9.17, 15) is 9.59 Å². The van der Waals surface area contributed by atoms with Gasteiger partial charge < -0.3 is 19.9 Å². The van der Waals surface area contributed by atoms with Crippen molar-refractivity contribution in [3.8, 4) is 11.5 Å². The van der Waals surface area contributed by atoms with Gasteiger partial charge in [0.1, 0.15) is 11.5 Å². The molecule has 0 bridgehead atoms. The zero-order chi connectivity index (χ0) is 17.5. The molecule has 2 aromatic carbocycles. The number of primary amides is 1. The van der Waals surface area contributed by atoms with Crippen molar-refractivity contribution in [1.29, 1.82) is 0 Å². The summed E-state index contributed by atoms with van der Waals surface area (Å²) in [4.78, 5) is 23.8. The summed E-state index contributed by atoms with van der Waals surface area (Å²) in [6.07, 6.45) is -2.05. The molecule has 6 heteroatoms. The SMILES string of the molecule is COc1ccc(O[C@H](C)C(=O)O[C@H](C(N)=O)c2ccccc2)cc1. The summed E-state index contributed by atoms with van der Waals surface area (Å²) in [5, 5.41) is 0. The second-order valence-electron chi connectivity index (χ2n) is 5.07. The maximum Gasteiger partial charge on any atom is 0.348 e. The van der Waals surface area contributed by atoms with Crippen LogP contribution in [0.15, 0.2) is 54.6 Å². The average Bonchev–Trinajstić information content (AvgIpc) is 2.60. The van der Waals surface area contributed by atoms with Gasteiger partial charge >= 0.3 is 5.97 Å². The molecule has 0 aliphatic rings. The van der Waals surface area contributed by atoms with Crippen molar-refractivity contribution in [3.05, 3.63) is 60.2 Å².